The summed E-state index contributed by atoms with van der Waals surface area (Å²) < 4.78 is 4.99. The highest BCUT2D eigenvalue weighted by Crippen LogP contribution is 2.18. The van der Waals surface area contributed by atoms with Gasteiger partial charge in [0.05, 0.1) is 5.60 Å². The van der Waals surface area contributed by atoms with Crippen LogP contribution in [0.2, 0.25) is 0 Å². The van der Waals surface area contributed by atoms with Crippen LogP contribution in [0.5, 0.6) is 0 Å². The number of nitrogens with one attached hydrogen (secondary N) is 2. The van der Waals surface area contributed by atoms with Crippen molar-refractivity contribution in [3.05, 3.63) is 29.8 Å². The van der Waals surface area contributed by atoms with Gasteiger partial charge in [0.1, 0.15) is 0 Å². The zero-order valence-electron chi connectivity index (χ0n) is 13.3. The van der Waals surface area contributed by atoms with Crippen LogP contribution >= 0.6 is 0 Å². The van der Waals surface area contributed by atoms with E-state index in [0.717, 1.165) is 11.3 Å². The molecule has 0 aliphatic rings. The van der Waals surface area contributed by atoms with Gasteiger partial charge in [-0.3, -0.25) is 4.79 Å². The predicted molar refractivity (Wildman–Crippen MR) is 84.3 cm³/mol. The van der Waals surface area contributed by atoms with Crippen LogP contribution in [0.25, 0.3) is 0 Å². The van der Waals surface area contributed by atoms with Crippen LogP contribution in [0.1, 0.15) is 38.8 Å². The van der Waals surface area contributed by atoms with Gasteiger partial charge in [-0.05, 0) is 31.5 Å². The molecule has 0 fully saturated rings. The number of rotatable bonds is 8. The van der Waals surface area contributed by atoms with Crippen molar-refractivity contribution in [2.75, 3.05) is 25.6 Å². The number of hydrogen-bond donors (Lipinski definition) is 3. The molecule has 2 unspecified atom stereocenters. The smallest absolute Gasteiger partial charge is 0.221 e. The van der Waals surface area contributed by atoms with Crippen molar-refractivity contribution in [3.8, 4) is 0 Å². The molecule has 0 aliphatic heterocycles. The highest BCUT2D eigenvalue weighted by atomic mass is 16.5. The molecule has 1 rings (SSSR count). The first-order valence-electron chi connectivity index (χ1n) is 7.16. The largest absolute Gasteiger partial charge is 0.389 e. The van der Waals surface area contributed by atoms with Crippen LogP contribution in [0.4, 0.5) is 5.69 Å². The molecular weight excluding hydrogens is 268 g/mol. The average molecular weight is 294 g/mol. The van der Waals surface area contributed by atoms with E-state index in [9.17, 15) is 9.90 Å². The molecule has 5 heteroatoms. The number of methoxy groups -OCH3 is 1. The third-order valence-corrected chi connectivity index (χ3v) is 3.34. The van der Waals surface area contributed by atoms with Crippen molar-refractivity contribution in [2.24, 2.45) is 0 Å². The van der Waals surface area contributed by atoms with Gasteiger partial charge in [-0.25, -0.2) is 0 Å². The standard InChI is InChI=1S/C16H26N2O3/c1-12(17-11-16(3,20)8-9-21-4)14-6-5-7-15(10-14)18-13(2)19/h5-7,10,12,17,20H,8-9,11H2,1-4H3,(H,18,19). The molecule has 21 heavy (non-hydrogen) atoms. The first kappa shape index (κ1) is 17.6. The van der Waals surface area contributed by atoms with Gasteiger partial charge in [0.25, 0.3) is 0 Å². The van der Waals surface area contributed by atoms with Gasteiger partial charge in [0.2, 0.25) is 5.91 Å². The van der Waals surface area contributed by atoms with E-state index in [1.807, 2.05) is 31.2 Å². The van der Waals surface area contributed by atoms with Gasteiger partial charge in [0, 0.05) is 45.3 Å². The van der Waals surface area contributed by atoms with Crippen LogP contribution in [0.3, 0.4) is 0 Å². The van der Waals surface area contributed by atoms with E-state index in [0.29, 0.717) is 19.6 Å². The molecule has 3 N–H and O–H groups in total. The monoisotopic (exact) mass is 294 g/mol. The number of aliphatic hydroxyl groups is 1. The zero-order chi connectivity index (χ0) is 15.9. The topological polar surface area (TPSA) is 70.6 Å². The fourth-order valence-corrected chi connectivity index (χ4v) is 1.99. The van der Waals surface area contributed by atoms with Crippen LogP contribution in [0.15, 0.2) is 24.3 Å². The van der Waals surface area contributed by atoms with Gasteiger partial charge in [-0.15, -0.1) is 0 Å². The first-order chi connectivity index (χ1) is 9.84. The van der Waals surface area contributed by atoms with Crippen LogP contribution in [0, 0.1) is 0 Å². The van der Waals surface area contributed by atoms with E-state index in [1.165, 1.54) is 6.92 Å². The summed E-state index contributed by atoms with van der Waals surface area (Å²) >= 11 is 0. The molecule has 0 heterocycles. The van der Waals surface area contributed by atoms with Gasteiger partial charge >= 0.3 is 0 Å². The lowest BCUT2D eigenvalue weighted by molar-refractivity contribution is -0.114. The second kappa shape index (κ2) is 8.12. The van der Waals surface area contributed by atoms with Gasteiger partial charge in [-0.2, -0.15) is 0 Å². The quantitative estimate of drug-likeness (QED) is 0.686. The molecule has 1 aromatic carbocycles. The van der Waals surface area contributed by atoms with Crippen molar-refractivity contribution in [2.45, 2.75) is 38.8 Å². The Labute approximate surface area is 126 Å². The van der Waals surface area contributed by atoms with E-state index in [-0.39, 0.29) is 11.9 Å². The first-order valence-corrected chi connectivity index (χ1v) is 7.16. The summed E-state index contributed by atoms with van der Waals surface area (Å²) in [5.41, 5.74) is 1.03. The summed E-state index contributed by atoms with van der Waals surface area (Å²) in [6.07, 6.45) is 0.579. The maximum absolute atomic E-state index is 11.1. The Bertz CT molecular complexity index is 461. The maximum Gasteiger partial charge on any atom is 0.221 e. The van der Waals surface area contributed by atoms with Crippen molar-refractivity contribution in [1.82, 2.24) is 5.32 Å². The normalized spacial score (nSPS) is 15.3. The number of amides is 1. The second-order valence-electron chi connectivity index (χ2n) is 5.65. The van der Waals surface area contributed by atoms with Crippen molar-refractivity contribution < 1.29 is 14.6 Å². The summed E-state index contributed by atoms with van der Waals surface area (Å²) in [5.74, 6) is -0.0877. The molecule has 2 atom stereocenters. The molecule has 5 nitrogen and oxygen atoms in total. The minimum Gasteiger partial charge on any atom is -0.389 e. The Morgan fingerprint density at radius 3 is 2.81 bits per heavy atom. The highest BCUT2D eigenvalue weighted by Gasteiger charge is 2.20. The molecule has 0 spiro atoms. The molecule has 0 radical (unpaired) electrons. The number of carbonyl (C=O) groups is 1. The summed E-state index contributed by atoms with van der Waals surface area (Å²) in [5, 5.41) is 16.3. The Kier molecular flexibility index (Phi) is 6.81. The molecule has 0 saturated heterocycles. The third kappa shape index (κ3) is 6.71. The maximum atomic E-state index is 11.1. The number of ether oxygens (including phenoxy) is 1. The molecule has 0 bridgehead atoms. The van der Waals surface area contributed by atoms with Crippen LogP contribution in [-0.4, -0.2) is 36.9 Å². The SMILES string of the molecule is COCCC(C)(O)CNC(C)c1cccc(NC(C)=O)c1. The van der Waals surface area contributed by atoms with E-state index in [1.54, 1.807) is 14.0 Å². The second-order valence-corrected chi connectivity index (χ2v) is 5.65. The van der Waals surface area contributed by atoms with Crippen molar-refractivity contribution in [1.29, 1.82) is 0 Å². The number of anilines is 1. The van der Waals surface area contributed by atoms with Crippen molar-refractivity contribution in [3.63, 3.8) is 0 Å². The minimum atomic E-state index is -0.806. The summed E-state index contributed by atoms with van der Waals surface area (Å²) in [4.78, 5) is 11.1. The molecular formula is C16H26N2O3. The fraction of sp³-hybridized carbons (Fsp3) is 0.562. The minimum absolute atomic E-state index is 0.0766. The van der Waals surface area contributed by atoms with Gasteiger partial charge < -0.3 is 20.5 Å². The number of carbonyl (C=O) groups excluding carboxylic acids is 1. The number of hydrogen-bond acceptors (Lipinski definition) is 4. The van der Waals surface area contributed by atoms with E-state index in [4.69, 9.17) is 4.74 Å². The Morgan fingerprint density at radius 1 is 1.48 bits per heavy atom. The lowest BCUT2D eigenvalue weighted by atomic mass is 10.0. The Balaban J connectivity index is 2.59. The summed E-state index contributed by atoms with van der Waals surface area (Å²) in [7, 11) is 1.62. The fourth-order valence-electron chi connectivity index (χ4n) is 1.99. The molecule has 0 aromatic heterocycles. The van der Waals surface area contributed by atoms with Crippen LogP contribution < -0.4 is 10.6 Å². The molecule has 118 valence electrons. The third-order valence-electron chi connectivity index (χ3n) is 3.34. The van der Waals surface area contributed by atoms with Crippen molar-refractivity contribution >= 4 is 11.6 Å². The molecule has 0 saturated carbocycles. The molecule has 1 aromatic rings. The molecule has 0 aliphatic carbocycles. The summed E-state index contributed by atoms with van der Waals surface area (Å²) in [6.45, 7) is 6.31. The van der Waals surface area contributed by atoms with E-state index < -0.39 is 5.60 Å². The van der Waals surface area contributed by atoms with E-state index >= 15 is 0 Å². The van der Waals surface area contributed by atoms with Gasteiger partial charge in [0.15, 0.2) is 0 Å². The zero-order valence-corrected chi connectivity index (χ0v) is 13.3. The number of benzene rings is 1. The average Bonchev–Trinajstić information content (AvgIpc) is 2.42. The summed E-state index contributed by atoms with van der Waals surface area (Å²) in [6, 6.07) is 7.76. The lowest BCUT2D eigenvalue weighted by Gasteiger charge is -2.26. The van der Waals surface area contributed by atoms with Gasteiger partial charge in [-0.1, -0.05) is 12.1 Å². The highest BCUT2D eigenvalue weighted by molar-refractivity contribution is 5.88. The lowest BCUT2D eigenvalue weighted by Crippen LogP contribution is -2.39. The Hall–Kier alpha value is -1.43. The molecule has 1 amide bonds. The predicted octanol–water partition coefficient (Wildman–Crippen LogP) is 2.08. The van der Waals surface area contributed by atoms with E-state index in [2.05, 4.69) is 10.6 Å². The van der Waals surface area contributed by atoms with Crippen LogP contribution in [-0.2, 0) is 9.53 Å². The Morgan fingerprint density at radius 2 is 2.19 bits per heavy atom.